The average Bonchev–Trinajstić information content (AvgIpc) is 2.04. The Balaban J connectivity index is 0.000000720. The average molecular weight is 182 g/mol. The first-order chi connectivity index (χ1) is 5.36. The fourth-order valence-electron chi connectivity index (χ4n) is 0.986. The highest BCUT2D eigenvalue weighted by atomic mass is 35.5. The van der Waals surface area contributed by atoms with Crippen LogP contribution < -0.4 is 5.73 Å². The van der Waals surface area contributed by atoms with E-state index in [4.69, 9.17) is 5.73 Å². The zero-order chi connectivity index (χ0) is 7.68. The van der Waals surface area contributed by atoms with Gasteiger partial charge in [0.15, 0.2) is 0 Å². The fourth-order valence-corrected chi connectivity index (χ4v) is 0.986. The van der Waals surface area contributed by atoms with Crippen LogP contribution in [0.3, 0.4) is 0 Å². The molecule has 0 atom stereocenters. The normalized spacial score (nSPS) is 9.33. The molecule has 0 aliphatic rings. The van der Waals surface area contributed by atoms with Gasteiger partial charge in [0.1, 0.15) is 0 Å². The number of benzene rings is 1. The summed E-state index contributed by atoms with van der Waals surface area (Å²) in [5.41, 5.74) is 6.29. The van der Waals surface area contributed by atoms with Crippen molar-refractivity contribution >= 4 is 29.3 Å². The first-order valence-corrected chi connectivity index (χ1v) is 3.33. The molecule has 0 saturated heterocycles. The van der Waals surface area contributed by atoms with E-state index in [-0.39, 0.29) is 12.4 Å². The third-order valence-electron chi connectivity index (χ3n) is 1.51. The molecule has 2 N–H and O–H groups in total. The molecule has 3 nitrogen and oxygen atoms in total. The van der Waals surface area contributed by atoms with Gasteiger partial charge in [-0.3, -0.25) is 0 Å². The lowest BCUT2D eigenvalue weighted by Gasteiger charge is -1.94. The highest BCUT2D eigenvalue weighted by Crippen LogP contribution is 2.09. The standard InChI is InChI=1S/C8H7N3.ClH/c9-8-10-5-6-3-1-2-4-7(6)11-8;/h1-5H,(H2,9,10,11);1H. The summed E-state index contributed by atoms with van der Waals surface area (Å²) in [6, 6.07) is 7.73. The Kier molecular flexibility index (Phi) is 2.45. The third-order valence-corrected chi connectivity index (χ3v) is 1.51. The van der Waals surface area contributed by atoms with Crippen LogP contribution in [0.15, 0.2) is 30.5 Å². The second-order valence-electron chi connectivity index (χ2n) is 2.29. The molecule has 0 unspecified atom stereocenters. The van der Waals surface area contributed by atoms with Crippen LogP contribution in [-0.4, -0.2) is 9.97 Å². The van der Waals surface area contributed by atoms with E-state index in [0.717, 1.165) is 10.9 Å². The van der Waals surface area contributed by atoms with E-state index in [1.165, 1.54) is 0 Å². The molecule has 0 aliphatic heterocycles. The van der Waals surface area contributed by atoms with Crippen LogP contribution in [0.4, 0.5) is 5.95 Å². The number of para-hydroxylation sites is 1. The van der Waals surface area contributed by atoms with E-state index >= 15 is 0 Å². The number of aromatic nitrogens is 2. The van der Waals surface area contributed by atoms with Crippen LogP contribution in [0.5, 0.6) is 0 Å². The monoisotopic (exact) mass is 181 g/mol. The van der Waals surface area contributed by atoms with Crippen LogP contribution in [0.2, 0.25) is 0 Å². The molecular weight excluding hydrogens is 174 g/mol. The van der Waals surface area contributed by atoms with Gasteiger partial charge in [-0.1, -0.05) is 18.2 Å². The molecule has 1 aromatic carbocycles. The minimum absolute atomic E-state index is 0. The number of halogens is 1. The van der Waals surface area contributed by atoms with Crippen molar-refractivity contribution in [2.45, 2.75) is 0 Å². The molecule has 0 amide bonds. The molecule has 0 aliphatic carbocycles. The Morgan fingerprint density at radius 2 is 1.92 bits per heavy atom. The predicted octanol–water partition coefficient (Wildman–Crippen LogP) is 1.63. The van der Waals surface area contributed by atoms with Gasteiger partial charge >= 0.3 is 0 Å². The lowest BCUT2D eigenvalue weighted by atomic mass is 10.2. The zero-order valence-electron chi connectivity index (χ0n) is 6.27. The van der Waals surface area contributed by atoms with Crippen molar-refractivity contribution in [2.24, 2.45) is 0 Å². The van der Waals surface area contributed by atoms with Crippen molar-refractivity contribution < 1.29 is 0 Å². The molecular formula is C8H8ClN3. The maximum absolute atomic E-state index is 5.40. The highest BCUT2D eigenvalue weighted by Gasteiger charge is 1.92. The zero-order valence-corrected chi connectivity index (χ0v) is 7.08. The van der Waals surface area contributed by atoms with Gasteiger partial charge in [-0.25, -0.2) is 9.97 Å². The molecule has 1 heterocycles. The third kappa shape index (κ3) is 1.46. The molecule has 2 aromatic rings. The van der Waals surface area contributed by atoms with Gasteiger partial charge < -0.3 is 5.73 Å². The number of rotatable bonds is 0. The van der Waals surface area contributed by atoms with Crippen LogP contribution in [0.25, 0.3) is 10.9 Å². The molecule has 2 rings (SSSR count). The number of hydrogen-bond acceptors (Lipinski definition) is 3. The number of fused-ring (bicyclic) bond motifs is 1. The van der Waals surface area contributed by atoms with Gasteiger partial charge in [-0.2, -0.15) is 0 Å². The van der Waals surface area contributed by atoms with Crippen molar-refractivity contribution in [3.05, 3.63) is 30.5 Å². The molecule has 1 aromatic heterocycles. The van der Waals surface area contributed by atoms with Gasteiger partial charge in [0.05, 0.1) is 5.52 Å². The number of nitrogens with two attached hydrogens (primary N) is 1. The molecule has 0 spiro atoms. The summed E-state index contributed by atoms with van der Waals surface area (Å²) in [5, 5.41) is 1.02. The Morgan fingerprint density at radius 1 is 1.17 bits per heavy atom. The Morgan fingerprint density at radius 3 is 2.75 bits per heavy atom. The predicted molar refractivity (Wildman–Crippen MR) is 51.2 cm³/mol. The van der Waals surface area contributed by atoms with Crippen molar-refractivity contribution in [1.29, 1.82) is 0 Å². The minimum Gasteiger partial charge on any atom is -0.368 e. The second-order valence-corrected chi connectivity index (χ2v) is 2.29. The van der Waals surface area contributed by atoms with Crippen LogP contribution in [0.1, 0.15) is 0 Å². The van der Waals surface area contributed by atoms with Gasteiger partial charge in [0.2, 0.25) is 5.95 Å². The number of nitrogens with zero attached hydrogens (tertiary/aromatic N) is 2. The molecule has 4 heteroatoms. The first kappa shape index (κ1) is 8.74. The van der Waals surface area contributed by atoms with E-state index in [1.807, 2.05) is 24.3 Å². The van der Waals surface area contributed by atoms with E-state index < -0.39 is 0 Å². The number of hydrogen-bond donors (Lipinski definition) is 1. The summed E-state index contributed by atoms with van der Waals surface area (Å²) < 4.78 is 0. The summed E-state index contributed by atoms with van der Waals surface area (Å²) in [6.45, 7) is 0. The van der Waals surface area contributed by atoms with Crippen molar-refractivity contribution in [2.75, 3.05) is 5.73 Å². The Labute approximate surface area is 76.0 Å². The maximum Gasteiger partial charge on any atom is 0.220 e. The van der Waals surface area contributed by atoms with E-state index in [9.17, 15) is 0 Å². The fraction of sp³-hybridized carbons (Fsp3) is 0. The lowest BCUT2D eigenvalue weighted by Crippen LogP contribution is -1.93. The minimum atomic E-state index is 0. The SMILES string of the molecule is Cl.Nc1ncc2ccccc2n1. The van der Waals surface area contributed by atoms with E-state index in [0.29, 0.717) is 5.95 Å². The second kappa shape index (κ2) is 3.36. The Hall–Kier alpha value is -1.35. The van der Waals surface area contributed by atoms with Crippen molar-refractivity contribution in [3.8, 4) is 0 Å². The first-order valence-electron chi connectivity index (χ1n) is 3.33. The van der Waals surface area contributed by atoms with Gasteiger partial charge in [0.25, 0.3) is 0 Å². The number of nitrogen functional groups attached to an aromatic ring is 1. The van der Waals surface area contributed by atoms with Gasteiger partial charge in [0, 0.05) is 11.6 Å². The molecule has 0 bridgehead atoms. The topological polar surface area (TPSA) is 51.8 Å². The smallest absolute Gasteiger partial charge is 0.220 e. The lowest BCUT2D eigenvalue weighted by molar-refractivity contribution is 1.24. The largest absolute Gasteiger partial charge is 0.368 e. The quantitative estimate of drug-likeness (QED) is 0.672. The van der Waals surface area contributed by atoms with Gasteiger partial charge in [-0.15, -0.1) is 12.4 Å². The summed E-state index contributed by atoms with van der Waals surface area (Å²) >= 11 is 0. The molecule has 0 fully saturated rings. The molecule has 0 saturated carbocycles. The Bertz CT molecular complexity index is 389. The summed E-state index contributed by atoms with van der Waals surface area (Å²) in [4.78, 5) is 7.92. The van der Waals surface area contributed by atoms with E-state index in [1.54, 1.807) is 6.20 Å². The summed E-state index contributed by atoms with van der Waals surface area (Å²) in [5.74, 6) is 0.323. The van der Waals surface area contributed by atoms with Crippen molar-refractivity contribution in [3.63, 3.8) is 0 Å². The summed E-state index contributed by atoms with van der Waals surface area (Å²) in [7, 11) is 0. The summed E-state index contributed by atoms with van der Waals surface area (Å²) in [6.07, 6.45) is 1.72. The number of anilines is 1. The molecule has 0 radical (unpaired) electrons. The van der Waals surface area contributed by atoms with Gasteiger partial charge in [-0.05, 0) is 6.07 Å². The van der Waals surface area contributed by atoms with Crippen LogP contribution in [0, 0.1) is 0 Å². The molecule has 12 heavy (non-hydrogen) atoms. The molecule has 62 valence electrons. The maximum atomic E-state index is 5.40. The highest BCUT2D eigenvalue weighted by molar-refractivity contribution is 5.85. The van der Waals surface area contributed by atoms with E-state index in [2.05, 4.69) is 9.97 Å². The van der Waals surface area contributed by atoms with Crippen LogP contribution >= 0.6 is 12.4 Å². The van der Waals surface area contributed by atoms with Crippen LogP contribution in [-0.2, 0) is 0 Å². The van der Waals surface area contributed by atoms with Crippen molar-refractivity contribution in [1.82, 2.24) is 9.97 Å².